The van der Waals surface area contributed by atoms with E-state index in [1.807, 2.05) is 17.0 Å². The molecule has 1 fully saturated rings. The van der Waals surface area contributed by atoms with Gasteiger partial charge in [0.2, 0.25) is 0 Å². The molecule has 18 heavy (non-hydrogen) atoms. The van der Waals surface area contributed by atoms with Crippen molar-refractivity contribution in [1.29, 1.82) is 0 Å². The molecule has 1 aromatic carbocycles. The lowest BCUT2D eigenvalue weighted by Gasteiger charge is -2.28. The number of hydrogen-bond donors (Lipinski definition) is 2. The Morgan fingerprint density at radius 2 is 2.00 bits per heavy atom. The Morgan fingerprint density at radius 3 is 2.61 bits per heavy atom. The van der Waals surface area contributed by atoms with Crippen LogP contribution in [0.1, 0.15) is 12.8 Å². The number of para-hydroxylation sites is 2. The lowest BCUT2D eigenvalue weighted by Crippen LogP contribution is -2.43. The summed E-state index contributed by atoms with van der Waals surface area (Å²) in [5.74, 6) is 0. The number of rotatable bonds is 3. The molecular formula is C13H19N3O2. The number of carbonyl (C=O) groups is 1. The second-order valence-corrected chi connectivity index (χ2v) is 4.41. The largest absolute Gasteiger partial charge is 0.397 e. The molecule has 1 saturated heterocycles. The third kappa shape index (κ3) is 2.56. The second kappa shape index (κ2) is 5.73. The van der Waals surface area contributed by atoms with E-state index in [2.05, 4.69) is 0 Å². The number of nitrogens with two attached hydrogens (primary N) is 1. The molecule has 98 valence electrons. The fraction of sp³-hybridized carbons (Fsp3) is 0.462. The van der Waals surface area contributed by atoms with Gasteiger partial charge in [0.15, 0.2) is 0 Å². The predicted molar refractivity (Wildman–Crippen MR) is 71.5 cm³/mol. The van der Waals surface area contributed by atoms with Gasteiger partial charge in [-0.15, -0.1) is 0 Å². The van der Waals surface area contributed by atoms with E-state index in [4.69, 9.17) is 10.8 Å². The van der Waals surface area contributed by atoms with Crippen LogP contribution in [0, 0.1) is 0 Å². The molecule has 5 nitrogen and oxygen atoms in total. The molecule has 0 radical (unpaired) electrons. The minimum atomic E-state index is -0.0755. The number of aliphatic hydroxyl groups excluding tert-OH is 1. The van der Waals surface area contributed by atoms with Crippen molar-refractivity contribution in [3.63, 3.8) is 0 Å². The Balaban J connectivity index is 2.22. The number of nitrogens with zero attached hydrogens (tertiary/aromatic N) is 2. The van der Waals surface area contributed by atoms with Gasteiger partial charge in [-0.3, -0.25) is 4.90 Å². The average Bonchev–Trinajstić information content (AvgIpc) is 2.90. The highest BCUT2D eigenvalue weighted by Gasteiger charge is 2.25. The van der Waals surface area contributed by atoms with E-state index in [0.717, 1.165) is 25.9 Å². The second-order valence-electron chi connectivity index (χ2n) is 4.41. The Kier molecular flexibility index (Phi) is 4.04. The number of urea groups is 1. The molecule has 0 bridgehead atoms. The summed E-state index contributed by atoms with van der Waals surface area (Å²) in [5, 5.41) is 9.13. The third-order valence-corrected chi connectivity index (χ3v) is 3.16. The van der Waals surface area contributed by atoms with Crippen LogP contribution in [0.2, 0.25) is 0 Å². The van der Waals surface area contributed by atoms with Gasteiger partial charge in [0.05, 0.1) is 24.5 Å². The van der Waals surface area contributed by atoms with Crippen LogP contribution >= 0.6 is 0 Å². The van der Waals surface area contributed by atoms with Crippen LogP contribution in [-0.2, 0) is 0 Å². The number of aliphatic hydroxyl groups is 1. The molecule has 1 heterocycles. The summed E-state index contributed by atoms with van der Waals surface area (Å²) in [7, 11) is 0. The maximum Gasteiger partial charge on any atom is 0.324 e. The Morgan fingerprint density at radius 1 is 1.33 bits per heavy atom. The maximum absolute atomic E-state index is 12.4. The van der Waals surface area contributed by atoms with E-state index in [9.17, 15) is 4.79 Å². The van der Waals surface area contributed by atoms with Crippen LogP contribution in [0.3, 0.4) is 0 Å². The van der Waals surface area contributed by atoms with Gasteiger partial charge in [-0.2, -0.15) is 0 Å². The van der Waals surface area contributed by atoms with Gasteiger partial charge in [-0.1, -0.05) is 12.1 Å². The minimum absolute atomic E-state index is 0.0700. The minimum Gasteiger partial charge on any atom is -0.397 e. The zero-order chi connectivity index (χ0) is 13.0. The predicted octanol–water partition coefficient (Wildman–Crippen LogP) is 1.28. The molecule has 0 aromatic heterocycles. The first-order valence-corrected chi connectivity index (χ1v) is 6.26. The van der Waals surface area contributed by atoms with Crippen LogP contribution in [0.15, 0.2) is 24.3 Å². The zero-order valence-corrected chi connectivity index (χ0v) is 10.4. The number of likely N-dealkylation sites (tertiary alicyclic amines) is 1. The van der Waals surface area contributed by atoms with E-state index < -0.39 is 0 Å². The van der Waals surface area contributed by atoms with Crippen molar-refractivity contribution < 1.29 is 9.90 Å². The summed E-state index contributed by atoms with van der Waals surface area (Å²) in [4.78, 5) is 15.7. The quantitative estimate of drug-likeness (QED) is 0.793. The molecule has 1 aliphatic heterocycles. The van der Waals surface area contributed by atoms with Gasteiger partial charge in [-0.05, 0) is 25.0 Å². The van der Waals surface area contributed by atoms with Crippen molar-refractivity contribution in [3.8, 4) is 0 Å². The van der Waals surface area contributed by atoms with Crippen LogP contribution in [0.5, 0.6) is 0 Å². The van der Waals surface area contributed by atoms with Gasteiger partial charge in [0, 0.05) is 13.1 Å². The lowest BCUT2D eigenvalue weighted by molar-refractivity contribution is 0.212. The maximum atomic E-state index is 12.4. The van der Waals surface area contributed by atoms with Crippen LogP contribution in [0.25, 0.3) is 0 Å². The van der Waals surface area contributed by atoms with Crippen LogP contribution in [0.4, 0.5) is 16.2 Å². The van der Waals surface area contributed by atoms with Gasteiger partial charge >= 0.3 is 6.03 Å². The number of carbonyl (C=O) groups excluding carboxylic acids is 1. The first-order chi connectivity index (χ1) is 8.74. The number of nitrogen functional groups attached to an aromatic ring is 1. The topological polar surface area (TPSA) is 69.8 Å². The lowest BCUT2D eigenvalue weighted by atomic mass is 10.2. The number of amides is 2. The fourth-order valence-electron chi connectivity index (χ4n) is 2.23. The van der Waals surface area contributed by atoms with Gasteiger partial charge in [0.25, 0.3) is 0 Å². The number of benzene rings is 1. The van der Waals surface area contributed by atoms with Crippen LogP contribution in [-0.4, -0.2) is 42.3 Å². The standard InChI is InChI=1S/C13H19N3O2/c14-11-5-1-2-6-12(11)16(9-10-17)13(18)15-7-3-4-8-15/h1-2,5-6,17H,3-4,7-10,14H2. The zero-order valence-electron chi connectivity index (χ0n) is 10.4. The van der Waals surface area contributed by atoms with Crippen molar-refractivity contribution in [1.82, 2.24) is 4.90 Å². The van der Waals surface area contributed by atoms with Gasteiger partial charge < -0.3 is 15.7 Å². The van der Waals surface area contributed by atoms with Crippen molar-refractivity contribution in [2.45, 2.75) is 12.8 Å². The van der Waals surface area contributed by atoms with Crippen molar-refractivity contribution in [2.75, 3.05) is 36.9 Å². The Labute approximate surface area is 107 Å². The molecule has 3 N–H and O–H groups in total. The molecule has 2 rings (SSSR count). The third-order valence-electron chi connectivity index (χ3n) is 3.16. The van der Waals surface area contributed by atoms with Gasteiger partial charge in [-0.25, -0.2) is 4.79 Å². The molecule has 0 aliphatic carbocycles. The number of anilines is 2. The first kappa shape index (κ1) is 12.7. The summed E-state index contributed by atoms with van der Waals surface area (Å²) in [6.07, 6.45) is 2.09. The monoisotopic (exact) mass is 249 g/mol. The van der Waals surface area contributed by atoms with E-state index in [1.54, 1.807) is 17.0 Å². The Bertz CT molecular complexity index is 416. The molecule has 2 amide bonds. The summed E-state index contributed by atoms with van der Waals surface area (Å²) in [5.41, 5.74) is 7.12. The molecular weight excluding hydrogens is 230 g/mol. The van der Waals surface area contributed by atoms with Gasteiger partial charge in [0.1, 0.15) is 0 Å². The fourth-order valence-corrected chi connectivity index (χ4v) is 2.23. The molecule has 0 atom stereocenters. The highest BCUT2D eigenvalue weighted by atomic mass is 16.3. The molecule has 0 spiro atoms. The summed E-state index contributed by atoms with van der Waals surface area (Å²) < 4.78 is 0. The SMILES string of the molecule is Nc1ccccc1N(CCO)C(=O)N1CCCC1. The van der Waals surface area contributed by atoms with E-state index in [1.165, 1.54) is 0 Å². The average molecular weight is 249 g/mol. The first-order valence-electron chi connectivity index (χ1n) is 6.26. The van der Waals surface area contributed by atoms with Crippen molar-refractivity contribution in [2.24, 2.45) is 0 Å². The van der Waals surface area contributed by atoms with Crippen molar-refractivity contribution >= 4 is 17.4 Å². The smallest absolute Gasteiger partial charge is 0.324 e. The highest BCUT2D eigenvalue weighted by Crippen LogP contribution is 2.24. The summed E-state index contributed by atoms with van der Waals surface area (Å²) >= 11 is 0. The number of hydrogen-bond acceptors (Lipinski definition) is 3. The summed E-state index contributed by atoms with van der Waals surface area (Å²) in [6.45, 7) is 1.76. The molecule has 0 unspecified atom stereocenters. The van der Waals surface area contributed by atoms with E-state index in [0.29, 0.717) is 11.4 Å². The molecule has 1 aliphatic rings. The normalized spacial score (nSPS) is 14.8. The Hall–Kier alpha value is -1.75. The molecule has 1 aromatic rings. The molecule has 0 saturated carbocycles. The molecule has 5 heteroatoms. The van der Waals surface area contributed by atoms with E-state index in [-0.39, 0.29) is 19.2 Å². The van der Waals surface area contributed by atoms with E-state index >= 15 is 0 Å². The summed E-state index contributed by atoms with van der Waals surface area (Å²) in [6, 6.07) is 7.17. The van der Waals surface area contributed by atoms with Crippen molar-refractivity contribution in [3.05, 3.63) is 24.3 Å². The van der Waals surface area contributed by atoms with Crippen LogP contribution < -0.4 is 10.6 Å². The highest BCUT2D eigenvalue weighted by molar-refractivity contribution is 5.95.